The monoisotopic (exact) mass is 380 g/mol. The number of carbonyl (C=O) groups is 1. The van der Waals surface area contributed by atoms with Crippen LogP contribution in [-0.4, -0.2) is 29.1 Å². The van der Waals surface area contributed by atoms with Gasteiger partial charge in [-0.25, -0.2) is 4.99 Å². The van der Waals surface area contributed by atoms with Crippen molar-refractivity contribution in [3.05, 3.63) is 65.1 Å². The number of ether oxygens (including phenoxy) is 1. The Morgan fingerprint density at radius 3 is 2.63 bits per heavy atom. The number of hydrogen-bond donors (Lipinski definition) is 0. The van der Waals surface area contributed by atoms with Crippen molar-refractivity contribution in [1.29, 1.82) is 0 Å². The maximum atomic E-state index is 12.9. The van der Waals surface area contributed by atoms with Gasteiger partial charge in [-0.15, -0.1) is 0 Å². The molecule has 0 atom stereocenters. The minimum atomic E-state index is 0.0106. The second-order valence-corrected chi connectivity index (χ2v) is 7.23. The summed E-state index contributed by atoms with van der Waals surface area (Å²) in [4.78, 5) is 20.0. The first-order valence-electron chi connectivity index (χ1n) is 9.29. The summed E-state index contributed by atoms with van der Waals surface area (Å²) >= 11 is 1.43. The fourth-order valence-electron chi connectivity index (χ4n) is 2.69. The van der Waals surface area contributed by atoms with Gasteiger partial charge in [-0.05, 0) is 60.5 Å². The van der Waals surface area contributed by atoms with Gasteiger partial charge in [-0.1, -0.05) is 44.2 Å². The fourth-order valence-corrected chi connectivity index (χ4v) is 3.72. The Morgan fingerprint density at radius 2 is 1.89 bits per heavy atom. The Balaban J connectivity index is 1.87. The van der Waals surface area contributed by atoms with E-state index in [1.807, 2.05) is 60.7 Å². The van der Waals surface area contributed by atoms with E-state index >= 15 is 0 Å². The van der Waals surface area contributed by atoms with Crippen molar-refractivity contribution >= 4 is 34.6 Å². The van der Waals surface area contributed by atoms with Crippen LogP contribution in [-0.2, 0) is 4.79 Å². The number of hydrogen-bond acceptors (Lipinski definition) is 4. The van der Waals surface area contributed by atoms with Crippen LogP contribution >= 0.6 is 11.8 Å². The van der Waals surface area contributed by atoms with Crippen LogP contribution in [0.15, 0.2) is 64.5 Å². The van der Waals surface area contributed by atoms with Crippen LogP contribution in [0.3, 0.4) is 0 Å². The highest BCUT2D eigenvalue weighted by Gasteiger charge is 2.32. The van der Waals surface area contributed by atoms with Gasteiger partial charge in [0.25, 0.3) is 5.91 Å². The van der Waals surface area contributed by atoms with E-state index < -0.39 is 0 Å². The van der Waals surface area contributed by atoms with Crippen molar-refractivity contribution in [1.82, 2.24) is 4.90 Å². The van der Waals surface area contributed by atoms with Crippen molar-refractivity contribution in [2.24, 2.45) is 4.99 Å². The number of thioether (sulfide) groups is 1. The number of aliphatic imine (C=N–C) groups is 1. The Labute approximate surface area is 164 Å². The number of para-hydroxylation sites is 1. The average molecular weight is 381 g/mol. The normalized spacial score (nSPS) is 17.1. The molecule has 0 spiro atoms. The van der Waals surface area contributed by atoms with Crippen LogP contribution in [0.5, 0.6) is 5.75 Å². The van der Waals surface area contributed by atoms with E-state index in [2.05, 4.69) is 18.8 Å². The zero-order valence-corrected chi connectivity index (χ0v) is 16.5. The molecule has 0 radical (unpaired) electrons. The summed E-state index contributed by atoms with van der Waals surface area (Å²) in [6.45, 7) is 5.49. The minimum Gasteiger partial charge on any atom is -0.494 e. The lowest BCUT2D eigenvalue weighted by Gasteiger charge is -2.13. The van der Waals surface area contributed by atoms with Crippen molar-refractivity contribution in [2.75, 3.05) is 13.2 Å². The summed E-state index contributed by atoms with van der Waals surface area (Å²) in [5.41, 5.74) is 1.81. The smallest absolute Gasteiger partial charge is 0.266 e. The van der Waals surface area contributed by atoms with Gasteiger partial charge in [0.15, 0.2) is 5.17 Å². The standard InChI is InChI=1S/C22H24N2O2S/c1-3-13-24-21(25)20(27-22(24)23-18-10-6-5-7-11-18)16-17-9-8-12-19(15-17)26-14-4-2/h5-12,15-16H,3-4,13-14H2,1-2H3/b20-16+,23-22?. The predicted molar refractivity (Wildman–Crippen MR) is 113 cm³/mol. The molecule has 1 aliphatic heterocycles. The molecular formula is C22H24N2O2S. The molecule has 1 amide bonds. The Morgan fingerprint density at radius 1 is 1.07 bits per heavy atom. The van der Waals surface area contributed by atoms with Crippen LogP contribution in [0, 0.1) is 0 Å². The second kappa shape index (κ2) is 9.42. The quantitative estimate of drug-likeness (QED) is 0.597. The third kappa shape index (κ3) is 5.01. The molecule has 1 heterocycles. The van der Waals surface area contributed by atoms with Crippen LogP contribution in [0.4, 0.5) is 5.69 Å². The fraction of sp³-hybridized carbons (Fsp3) is 0.273. The molecule has 140 valence electrons. The highest BCUT2D eigenvalue weighted by atomic mass is 32.2. The number of carbonyl (C=O) groups excluding carboxylic acids is 1. The first-order chi connectivity index (χ1) is 13.2. The van der Waals surface area contributed by atoms with E-state index in [1.54, 1.807) is 4.90 Å². The molecular weight excluding hydrogens is 356 g/mol. The third-order valence-electron chi connectivity index (χ3n) is 3.94. The zero-order chi connectivity index (χ0) is 19.1. The van der Waals surface area contributed by atoms with Crippen molar-refractivity contribution in [3.8, 4) is 5.75 Å². The lowest BCUT2D eigenvalue weighted by Crippen LogP contribution is -2.29. The van der Waals surface area contributed by atoms with E-state index in [0.717, 1.165) is 35.0 Å². The highest BCUT2D eigenvalue weighted by Crippen LogP contribution is 2.34. The van der Waals surface area contributed by atoms with Gasteiger partial charge >= 0.3 is 0 Å². The molecule has 1 aliphatic rings. The molecule has 0 saturated carbocycles. The minimum absolute atomic E-state index is 0.0106. The molecule has 2 aromatic carbocycles. The number of benzene rings is 2. The third-order valence-corrected chi connectivity index (χ3v) is 4.95. The summed E-state index contributed by atoms with van der Waals surface area (Å²) in [5, 5.41) is 0.734. The van der Waals surface area contributed by atoms with Gasteiger partial charge < -0.3 is 4.74 Å². The van der Waals surface area contributed by atoms with E-state index in [0.29, 0.717) is 18.1 Å². The van der Waals surface area contributed by atoms with Crippen LogP contribution < -0.4 is 4.74 Å². The van der Waals surface area contributed by atoms with Crippen LogP contribution in [0.1, 0.15) is 32.3 Å². The number of amidine groups is 1. The summed E-state index contributed by atoms with van der Waals surface area (Å²) in [7, 11) is 0. The summed E-state index contributed by atoms with van der Waals surface area (Å²) in [6.07, 6.45) is 3.76. The predicted octanol–water partition coefficient (Wildman–Crippen LogP) is 5.49. The molecule has 2 aromatic rings. The largest absolute Gasteiger partial charge is 0.494 e. The van der Waals surface area contributed by atoms with E-state index in [9.17, 15) is 4.79 Å². The van der Waals surface area contributed by atoms with Crippen LogP contribution in [0.2, 0.25) is 0 Å². The lowest BCUT2D eigenvalue weighted by atomic mass is 10.2. The number of amides is 1. The van der Waals surface area contributed by atoms with E-state index in [1.165, 1.54) is 11.8 Å². The van der Waals surface area contributed by atoms with Gasteiger partial charge in [0, 0.05) is 6.54 Å². The second-order valence-electron chi connectivity index (χ2n) is 6.22. The zero-order valence-electron chi connectivity index (χ0n) is 15.7. The molecule has 0 aromatic heterocycles. The van der Waals surface area contributed by atoms with E-state index in [-0.39, 0.29) is 5.91 Å². The first-order valence-corrected chi connectivity index (χ1v) is 10.1. The topological polar surface area (TPSA) is 41.9 Å². The Kier molecular flexibility index (Phi) is 6.71. The average Bonchev–Trinajstić information content (AvgIpc) is 2.97. The van der Waals surface area contributed by atoms with Crippen molar-refractivity contribution in [3.63, 3.8) is 0 Å². The Bertz CT molecular complexity index is 846. The molecule has 0 aliphatic carbocycles. The lowest BCUT2D eigenvalue weighted by molar-refractivity contribution is -0.122. The number of nitrogens with zero attached hydrogens (tertiary/aromatic N) is 2. The molecule has 27 heavy (non-hydrogen) atoms. The molecule has 0 N–H and O–H groups in total. The number of rotatable bonds is 7. The molecule has 1 saturated heterocycles. The summed E-state index contributed by atoms with van der Waals surface area (Å²) < 4.78 is 5.69. The maximum Gasteiger partial charge on any atom is 0.266 e. The van der Waals surface area contributed by atoms with Crippen molar-refractivity contribution in [2.45, 2.75) is 26.7 Å². The SMILES string of the molecule is CCCOc1cccc(/C=C2/SC(=Nc3ccccc3)N(CCC)C2=O)c1. The van der Waals surface area contributed by atoms with E-state index in [4.69, 9.17) is 4.74 Å². The molecule has 4 nitrogen and oxygen atoms in total. The van der Waals surface area contributed by atoms with Gasteiger partial charge in [-0.2, -0.15) is 0 Å². The molecule has 3 rings (SSSR count). The van der Waals surface area contributed by atoms with Gasteiger partial charge in [0.05, 0.1) is 17.2 Å². The first kappa shape index (κ1) is 19.2. The summed E-state index contributed by atoms with van der Waals surface area (Å²) in [5.74, 6) is 0.835. The maximum absolute atomic E-state index is 12.9. The molecule has 5 heteroatoms. The van der Waals surface area contributed by atoms with Gasteiger partial charge in [-0.3, -0.25) is 9.69 Å². The molecule has 0 bridgehead atoms. The highest BCUT2D eigenvalue weighted by molar-refractivity contribution is 8.18. The Hall–Kier alpha value is -2.53. The molecule has 0 unspecified atom stereocenters. The van der Waals surface area contributed by atoms with Gasteiger partial charge in [0.1, 0.15) is 5.75 Å². The molecule has 1 fully saturated rings. The van der Waals surface area contributed by atoms with Crippen molar-refractivity contribution < 1.29 is 9.53 Å². The van der Waals surface area contributed by atoms with Crippen LogP contribution in [0.25, 0.3) is 6.08 Å². The summed E-state index contributed by atoms with van der Waals surface area (Å²) in [6, 6.07) is 17.6. The van der Waals surface area contributed by atoms with Gasteiger partial charge in [0.2, 0.25) is 0 Å².